The molecular weight excluding hydrogens is 312 g/mol. The van der Waals surface area contributed by atoms with Crippen LogP contribution in [0.3, 0.4) is 0 Å². The number of rotatable bonds is 4. The summed E-state index contributed by atoms with van der Waals surface area (Å²) in [5.41, 5.74) is 2.77. The van der Waals surface area contributed by atoms with Crippen LogP contribution in [0.25, 0.3) is 0 Å². The van der Waals surface area contributed by atoms with Gasteiger partial charge in [-0.3, -0.25) is 9.78 Å². The topological polar surface area (TPSA) is 57.3 Å². The van der Waals surface area contributed by atoms with Crippen molar-refractivity contribution in [2.75, 3.05) is 31.1 Å². The molecule has 25 heavy (non-hydrogen) atoms. The van der Waals surface area contributed by atoms with Gasteiger partial charge in [-0.25, -0.2) is 0 Å². The summed E-state index contributed by atoms with van der Waals surface area (Å²) in [6.07, 6.45) is 3.51. The van der Waals surface area contributed by atoms with Crippen molar-refractivity contribution in [3.63, 3.8) is 0 Å². The first-order valence-electron chi connectivity index (χ1n) is 8.97. The third kappa shape index (κ3) is 3.37. The van der Waals surface area contributed by atoms with Gasteiger partial charge >= 0.3 is 0 Å². The SMILES string of the molecule is C[C@@H](NC(=O)c1cncc(N2C[C@H]3CNC[C@H]3C2)c1)c1ccccc1. The first-order chi connectivity index (χ1) is 12.2. The number of benzene rings is 1. The van der Waals surface area contributed by atoms with E-state index in [4.69, 9.17) is 0 Å². The van der Waals surface area contributed by atoms with Gasteiger partial charge in [0.15, 0.2) is 0 Å². The minimum absolute atomic E-state index is 0.0328. The first kappa shape index (κ1) is 16.1. The fourth-order valence-corrected chi connectivity index (χ4v) is 3.90. The number of hydrogen-bond donors (Lipinski definition) is 2. The van der Waals surface area contributed by atoms with E-state index in [2.05, 4.69) is 20.5 Å². The Kier molecular flexibility index (Phi) is 4.40. The number of anilines is 1. The molecule has 0 radical (unpaired) electrons. The standard InChI is InChI=1S/C20H24N4O/c1-14(15-5-3-2-4-6-15)23-20(25)16-7-19(11-22-8-16)24-12-17-9-21-10-18(17)13-24/h2-8,11,14,17-18,21H,9-10,12-13H2,1H3,(H,23,25)/t14-,17-,18+/m1/s1. The molecule has 2 aliphatic rings. The van der Waals surface area contributed by atoms with Gasteiger partial charge in [0.25, 0.3) is 5.91 Å². The molecule has 1 amide bonds. The molecule has 2 saturated heterocycles. The van der Waals surface area contributed by atoms with E-state index < -0.39 is 0 Å². The maximum Gasteiger partial charge on any atom is 0.253 e. The molecule has 5 nitrogen and oxygen atoms in total. The molecule has 1 aromatic carbocycles. The summed E-state index contributed by atoms with van der Waals surface area (Å²) < 4.78 is 0. The van der Waals surface area contributed by atoms with Crippen LogP contribution in [-0.2, 0) is 0 Å². The average Bonchev–Trinajstić information content (AvgIpc) is 3.24. The molecule has 2 aliphatic heterocycles. The monoisotopic (exact) mass is 336 g/mol. The number of fused-ring (bicyclic) bond motifs is 1. The van der Waals surface area contributed by atoms with E-state index in [0.29, 0.717) is 5.56 Å². The van der Waals surface area contributed by atoms with Gasteiger partial charge in [-0.05, 0) is 30.4 Å². The van der Waals surface area contributed by atoms with Crippen molar-refractivity contribution in [1.82, 2.24) is 15.6 Å². The highest BCUT2D eigenvalue weighted by Gasteiger charge is 2.36. The molecule has 130 valence electrons. The van der Waals surface area contributed by atoms with Crippen LogP contribution >= 0.6 is 0 Å². The summed E-state index contributed by atoms with van der Waals surface area (Å²) in [4.78, 5) is 19.3. The molecule has 0 aliphatic carbocycles. The molecule has 0 bridgehead atoms. The Morgan fingerprint density at radius 2 is 1.92 bits per heavy atom. The molecule has 3 heterocycles. The lowest BCUT2D eigenvalue weighted by molar-refractivity contribution is 0.0939. The average molecular weight is 336 g/mol. The summed E-state index contributed by atoms with van der Waals surface area (Å²) in [7, 11) is 0. The molecule has 2 N–H and O–H groups in total. The second-order valence-corrected chi connectivity index (χ2v) is 7.12. The molecule has 0 saturated carbocycles. The minimum Gasteiger partial charge on any atom is -0.370 e. The number of carbonyl (C=O) groups is 1. The molecule has 1 aromatic heterocycles. The van der Waals surface area contributed by atoms with Crippen LogP contribution in [0.5, 0.6) is 0 Å². The molecule has 2 aromatic rings. The zero-order valence-electron chi connectivity index (χ0n) is 14.5. The van der Waals surface area contributed by atoms with Crippen molar-refractivity contribution in [1.29, 1.82) is 0 Å². The van der Waals surface area contributed by atoms with E-state index in [0.717, 1.165) is 49.3 Å². The van der Waals surface area contributed by atoms with Crippen LogP contribution in [0.1, 0.15) is 28.9 Å². The molecule has 3 atom stereocenters. The Morgan fingerprint density at radius 1 is 1.20 bits per heavy atom. The molecule has 2 fully saturated rings. The summed E-state index contributed by atoms with van der Waals surface area (Å²) in [6, 6.07) is 11.9. The number of amides is 1. The lowest BCUT2D eigenvalue weighted by Crippen LogP contribution is -2.28. The Hall–Kier alpha value is -2.40. The van der Waals surface area contributed by atoms with Crippen LogP contribution in [0.2, 0.25) is 0 Å². The third-order valence-electron chi connectivity index (χ3n) is 5.39. The highest BCUT2D eigenvalue weighted by molar-refractivity contribution is 5.95. The van der Waals surface area contributed by atoms with E-state index in [-0.39, 0.29) is 11.9 Å². The number of aromatic nitrogens is 1. The molecule has 0 unspecified atom stereocenters. The zero-order chi connectivity index (χ0) is 17.2. The second-order valence-electron chi connectivity index (χ2n) is 7.12. The Bertz CT molecular complexity index is 736. The van der Waals surface area contributed by atoms with E-state index in [1.54, 1.807) is 6.20 Å². The normalized spacial score (nSPS) is 23.3. The smallest absolute Gasteiger partial charge is 0.253 e. The van der Waals surface area contributed by atoms with Crippen molar-refractivity contribution in [2.24, 2.45) is 11.8 Å². The van der Waals surface area contributed by atoms with Gasteiger partial charge in [0.05, 0.1) is 23.5 Å². The van der Waals surface area contributed by atoms with Gasteiger partial charge in [0.2, 0.25) is 0 Å². The maximum absolute atomic E-state index is 12.6. The van der Waals surface area contributed by atoms with Gasteiger partial charge in [-0.1, -0.05) is 30.3 Å². The summed E-state index contributed by atoms with van der Waals surface area (Å²) >= 11 is 0. The number of carbonyl (C=O) groups excluding carboxylic acids is 1. The number of hydrogen-bond acceptors (Lipinski definition) is 4. The van der Waals surface area contributed by atoms with Crippen molar-refractivity contribution in [3.05, 3.63) is 59.9 Å². The molecule has 5 heteroatoms. The van der Waals surface area contributed by atoms with Crippen molar-refractivity contribution < 1.29 is 4.79 Å². The zero-order valence-corrected chi connectivity index (χ0v) is 14.5. The van der Waals surface area contributed by atoms with Gasteiger partial charge in [0, 0.05) is 32.4 Å². The lowest BCUT2D eigenvalue weighted by Gasteiger charge is -2.20. The fourth-order valence-electron chi connectivity index (χ4n) is 3.90. The van der Waals surface area contributed by atoms with Crippen molar-refractivity contribution >= 4 is 11.6 Å². The fraction of sp³-hybridized carbons (Fsp3) is 0.400. The molecule has 0 spiro atoms. The van der Waals surface area contributed by atoms with Crippen molar-refractivity contribution in [3.8, 4) is 0 Å². The summed E-state index contributed by atoms with van der Waals surface area (Å²) in [5.74, 6) is 1.36. The Morgan fingerprint density at radius 3 is 2.64 bits per heavy atom. The second kappa shape index (κ2) is 6.84. The molecule has 4 rings (SSSR count). The minimum atomic E-state index is -0.0771. The van der Waals surface area contributed by atoms with Gasteiger partial charge in [0.1, 0.15) is 0 Å². The number of nitrogens with zero attached hydrogens (tertiary/aromatic N) is 2. The third-order valence-corrected chi connectivity index (χ3v) is 5.39. The van der Waals surface area contributed by atoms with Gasteiger partial charge in [-0.2, -0.15) is 0 Å². The quantitative estimate of drug-likeness (QED) is 0.899. The summed E-state index contributed by atoms with van der Waals surface area (Å²) in [5, 5.41) is 6.52. The highest BCUT2D eigenvalue weighted by atomic mass is 16.1. The van der Waals surface area contributed by atoms with E-state index in [1.807, 2.05) is 49.5 Å². The highest BCUT2D eigenvalue weighted by Crippen LogP contribution is 2.30. The maximum atomic E-state index is 12.6. The number of nitrogens with one attached hydrogen (secondary N) is 2. The van der Waals surface area contributed by atoms with E-state index in [1.165, 1.54) is 0 Å². The predicted molar refractivity (Wildman–Crippen MR) is 98.6 cm³/mol. The van der Waals surface area contributed by atoms with E-state index in [9.17, 15) is 4.79 Å². The first-order valence-corrected chi connectivity index (χ1v) is 8.97. The Labute approximate surface area is 148 Å². The van der Waals surface area contributed by atoms with Crippen LogP contribution < -0.4 is 15.5 Å². The van der Waals surface area contributed by atoms with Crippen LogP contribution in [0.4, 0.5) is 5.69 Å². The molecular formula is C20H24N4O. The van der Waals surface area contributed by atoms with Crippen molar-refractivity contribution in [2.45, 2.75) is 13.0 Å². The van der Waals surface area contributed by atoms with Gasteiger partial charge < -0.3 is 15.5 Å². The van der Waals surface area contributed by atoms with Crippen LogP contribution in [0.15, 0.2) is 48.8 Å². The largest absolute Gasteiger partial charge is 0.370 e. The van der Waals surface area contributed by atoms with Gasteiger partial charge in [-0.15, -0.1) is 0 Å². The summed E-state index contributed by atoms with van der Waals surface area (Å²) in [6.45, 7) is 6.29. The van der Waals surface area contributed by atoms with Crippen LogP contribution in [0, 0.1) is 11.8 Å². The predicted octanol–water partition coefficient (Wildman–Crippen LogP) is 2.23. The number of pyridine rings is 1. The Balaban J connectivity index is 1.45. The van der Waals surface area contributed by atoms with Crippen LogP contribution in [-0.4, -0.2) is 37.1 Å². The van der Waals surface area contributed by atoms with E-state index >= 15 is 0 Å². The lowest BCUT2D eigenvalue weighted by atomic mass is 10.0.